The standard InChI is InChI=1S/C15H19FN2O3/c1-4-5-12-15(20)18(9(2)14(19)17-12)13-8-10(21-3)6-7-11(13)16/h6-9,12H,4-5H2,1-3H3,(H,17,19). The Morgan fingerprint density at radius 2 is 2.10 bits per heavy atom. The molecule has 1 aromatic carbocycles. The number of hydrogen-bond donors (Lipinski definition) is 1. The van der Waals surface area contributed by atoms with E-state index in [1.807, 2.05) is 6.92 Å². The molecule has 0 aliphatic carbocycles. The number of anilines is 1. The molecule has 5 nitrogen and oxygen atoms in total. The largest absolute Gasteiger partial charge is 0.497 e. The zero-order valence-electron chi connectivity index (χ0n) is 12.4. The quantitative estimate of drug-likeness (QED) is 0.922. The number of hydrogen-bond acceptors (Lipinski definition) is 3. The predicted molar refractivity (Wildman–Crippen MR) is 76.7 cm³/mol. The number of ether oxygens (including phenoxy) is 1. The predicted octanol–water partition coefficient (Wildman–Crippen LogP) is 1.85. The maximum atomic E-state index is 14.1. The van der Waals surface area contributed by atoms with E-state index in [9.17, 15) is 14.0 Å². The number of rotatable bonds is 4. The minimum absolute atomic E-state index is 0.0720. The van der Waals surface area contributed by atoms with E-state index < -0.39 is 17.9 Å². The maximum absolute atomic E-state index is 14.1. The van der Waals surface area contributed by atoms with Crippen LogP contribution in [-0.4, -0.2) is 31.0 Å². The van der Waals surface area contributed by atoms with Crippen LogP contribution >= 0.6 is 0 Å². The van der Waals surface area contributed by atoms with Crippen LogP contribution < -0.4 is 15.0 Å². The van der Waals surface area contributed by atoms with Crippen molar-refractivity contribution < 1.29 is 18.7 Å². The summed E-state index contributed by atoms with van der Waals surface area (Å²) in [6, 6.07) is 2.78. The summed E-state index contributed by atoms with van der Waals surface area (Å²) in [6.07, 6.45) is 1.28. The number of amides is 2. The Kier molecular flexibility index (Phi) is 4.45. The third-order valence-electron chi connectivity index (χ3n) is 3.61. The van der Waals surface area contributed by atoms with Crippen molar-refractivity contribution >= 4 is 17.5 Å². The van der Waals surface area contributed by atoms with E-state index in [4.69, 9.17) is 4.74 Å². The molecular weight excluding hydrogens is 275 g/mol. The van der Waals surface area contributed by atoms with Crippen LogP contribution in [0.3, 0.4) is 0 Å². The molecule has 2 amide bonds. The Labute approximate surface area is 123 Å². The summed E-state index contributed by atoms with van der Waals surface area (Å²) in [4.78, 5) is 25.8. The van der Waals surface area contributed by atoms with Crippen LogP contribution in [0.2, 0.25) is 0 Å². The summed E-state index contributed by atoms with van der Waals surface area (Å²) in [5.41, 5.74) is 0.0720. The number of nitrogens with one attached hydrogen (secondary N) is 1. The molecule has 2 unspecified atom stereocenters. The molecule has 21 heavy (non-hydrogen) atoms. The molecule has 2 rings (SSSR count). The topological polar surface area (TPSA) is 58.6 Å². The summed E-state index contributed by atoms with van der Waals surface area (Å²) < 4.78 is 19.2. The molecule has 2 atom stereocenters. The second-order valence-electron chi connectivity index (χ2n) is 5.05. The second-order valence-corrected chi connectivity index (χ2v) is 5.05. The fraction of sp³-hybridized carbons (Fsp3) is 0.467. The number of carbonyl (C=O) groups excluding carboxylic acids is 2. The molecule has 1 saturated heterocycles. The van der Waals surface area contributed by atoms with E-state index in [2.05, 4.69) is 5.32 Å². The fourth-order valence-electron chi connectivity index (χ4n) is 2.45. The van der Waals surface area contributed by atoms with Crippen molar-refractivity contribution in [3.8, 4) is 5.75 Å². The first kappa shape index (κ1) is 15.3. The first-order valence-corrected chi connectivity index (χ1v) is 6.96. The van der Waals surface area contributed by atoms with E-state index in [-0.39, 0.29) is 17.5 Å². The summed E-state index contributed by atoms with van der Waals surface area (Å²) in [6.45, 7) is 3.50. The van der Waals surface area contributed by atoms with Crippen LogP contribution in [0.1, 0.15) is 26.7 Å². The highest BCUT2D eigenvalue weighted by molar-refractivity contribution is 6.08. The van der Waals surface area contributed by atoms with E-state index in [0.29, 0.717) is 12.2 Å². The van der Waals surface area contributed by atoms with E-state index in [0.717, 1.165) is 6.42 Å². The van der Waals surface area contributed by atoms with Gasteiger partial charge in [-0.3, -0.25) is 14.5 Å². The number of methoxy groups -OCH3 is 1. The normalized spacial score (nSPS) is 22.2. The molecule has 1 aliphatic heterocycles. The average Bonchev–Trinajstić information content (AvgIpc) is 2.47. The van der Waals surface area contributed by atoms with Crippen molar-refractivity contribution in [2.45, 2.75) is 38.8 Å². The van der Waals surface area contributed by atoms with Crippen molar-refractivity contribution in [3.05, 3.63) is 24.0 Å². The van der Waals surface area contributed by atoms with Gasteiger partial charge in [-0.2, -0.15) is 0 Å². The van der Waals surface area contributed by atoms with Gasteiger partial charge in [0.15, 0.2) is 0 Å². The van der Waals surface area contributed by atoms with Crippen LogP contribution in [0.5, 0.6) is 5.75 Å². The third kappa shape index (κ3) is 2.84. The molecule has 0 aromatic heterocycles. The van der Waals surface area contributed by atoms with Crippen molar-refractivity contribution in [2.75, 3.05) is 12.0 Å². The molecule has 0 radical (unpaired) electrons. The minimum Gasteiger partial charge on any atom is -0.497 e. The van der Waals surface area contributed by atoms with Crippen molar-refractivity contribution in [1.29, 1.82) is 0 Å². The minimum atomic E-state index is -0.757. The number of nitrogens with zero attached hydrogens (tertiary/aromatic N) is 1. The number of piperazine rings is 1. The molecule has 114 valence electrons. The van der Waals surface area contributed by atoms with Gasteiger partial charge < -0.3 is 10.1 Å². The summed E-state index contributed by atoms with van der Waals surface area (Å²) in [7, 11) is 1.46. The summed E-state index contributed by atoms with van der Waals surface area (Å²) in [5, 5.41) is 2.68. The van der Waals surface area contributed by atoms with Gasteiger partial charge in [-0.25, -0.2) is 4.39 Å². The zero-order valence-corrected chi connectivity index (χ0v) is 12.4. The van der Waals surface area contributed by atoms with E-state index in [1.54, 1.807) is 6.92 Å². The Hall–Kier alpha value is -2.11. The highest BCUT2D eigenvalue weighted by atomic mass is 19.1. The number of carbonyl (C=O) groups is 2. The molecule has 1 fully saturated rings. The molecule has 1 aromatic rings. The van der Waals surface area contributed by atoms with Gasteiger partial charge in [-0.15, -0.1) is 0 Å². The van der Waals surface area contributed by atoms with Crippen molar-refractivity contribution in [1.82, 2.24) is 5.32 Å². The highest BCUT2D eigenvalue weighted by Crippen LogP contribution is 2.29. The van der Waals surface area contributed by atoms with Crippen LogP contribution in [-0.2, 0) is 9.59 Å². The Balaban J connectivity index is 2.43. The van der Waals surface area contributed by atoms with Crippen molar-refractivity contribution in [2.24, 2.45) is 0 Å². The van der Waals surface area contributed by atoms with Gasteiger partial charge in [-0.1, -0.05) is 13.3 Å². The first-order chi connectivity index (χ1) is 9.99. The molecule has 0 bridgehead atoms. The van der Waals surface area contributed by atoms with Gasteiger partial charge in [0.05, 0.1) is 12.8 Å². The lowest BCUT2D eigenvalue weighted by atomic mass is 10.0. The maximum Gasteiger partial charge on any atom is 0.250 e. The van der Waals surface area contributed by atoms with E-state index >= 15 is 0 Å². The van der Waals surface area contributed by atoms with Crippen molar-refractivity contribution in [3.63, 3.8) is 0 Å². The third-order valence-corrected chi connectivity index (χ3v) is 3.61. The Bertz CT molecular complexity index is 562. The molecule has 1 N–H and O–H groups in total. The first-order valence-electron chi connectivity index (χ1n) is 6.96. The van der Waals surface area contributed by atoms with Gasteiger partial charge in [0.1, 0.15) is 23.7 Å². The lowest BCUT2D eigenvalue weighted by molar-refractivity contribution is -0.133. The summed E-state index contributed by atoms with van der Waals surface area (Å²) in [5.74, 6) is -0.697. The molecular formula is C15H19FN2O3. The number of benzene rings is 1. The Morgan fingerprint density at radius 3 is 2.71 bits per heavy atom. The van der Waals surface area contributed by atoms with Gasteiger partial charge in [-0.05, 0) is 25.5 Å². The lowest BCUT2D eigenvalue weighted by Crippen LogP contribution is -2.62. The van der Waals surface area contributed by atoms with Crippen LogP contribution in [0.15, 0.2) is 18.2 Å². The highest BCUT2D eigenvalue weighted by Gasteiger charge is 2.39. The fourth-order valence-corrected chi connectivity index (χ4v) is 2.45. The van der Waals surface area contributed by atoms with Crippen LogP contribution in [0.25, 0.3) is 0 Å². The Morgan fingerprint density at radius 1 is 1.38 bits per heavy atom. The monoisotopic (exact) mass is 294 g/mol. The molecule has 0 saturated carbocycles. The van der Waals surface area contributed by atoms with E-state index in [1.165, 1.54) is 30.2 Å². The molecule has 6 heteroatoms. The van der Waals surface area contributed by atoms with Crippen LogP contribution in [0.4, 0.5) is 10.1 Å². The lowest BCUT2D eigenvalue weighted by Gasteiger charge is -2.37. The smallest absolute Gasteiger partial charge is 0.250 e. The number of halogens is 1. The molecule has 1 aliphatic rings. The SMILES string of the molecule is CCCC1NC(=O)C(C)N(c2cc(OC)ccc2F)C1=O. The van der Waals surface area contributed by atoms with Crippen LogP contribution in [0, 0.1) is 5.82 Å². The van der Waals surface area contributed by atoms with Gasteiger partial charge >= 0.3 is 0 Å². The molecule has 1 heterocycles. The van der Waals surface area contributed by atoms with Gasteiger partial charge in [0, 0.05) is 6.07 Å². The molecule has 0 spiro atoms. The van der Waals surface area contributed by atoms with Gasteiger partial charge in [0.2, 0.25) is 11.8 Å². The zero-order chi connectivity index (χ0) is 15.6. The second kappa shape index (κ2) is 6.11. The summed E-state index contributed by atoms with van der Waals surface area (Å²) >= 11 is 0. The average molecular weight is 294 g/mol. The van der Waals surface area contributed by atoms with Gasteiger partial charge in [0.25, 0.3) is 0 Å².